The van der Waals surface area contributed by atoms with E-state index in [4.69, 9.17) is 5.73 Å². The van der Waals surface area contributed by atoms with Gasteiger partial charge in [-0.1, -0.05) is 45.4 Å². The first-order valence-corrected chi connectivity index (χ1v) is 7.79. The maximum atomic E-state index is 11.8. The van der Waals surface area contributed by atoms with E-state index < -0.39 is 6.04 Å². The lowest BCUT2D eigenvalue weighted by atomic mass is 9.86. The Morgan fingerprint density at radius 1 is 1.50 bits per heavy atom. The largest absolute Gasteiger partial charge is 0.320 e. The number of nitrogens with zero attached hydrogens (tertiary/aromatic N) is 1. The van der Waals surface area contributed by atoms with Gasteiger partial charge in [0, 0.05) is 11.8 Å². The zero-order valence-electron chi connectivity index (χ0n) is 12.3. The molecule has 0 aromatic carbocycles. The normalized spacial score (nSPS) is 17.9. The number of H-pyrrole nitrogens is 1. The van der Waals surface area contributed by atoms with E-state index in [1.807, 2.05) is 13.0 Å². The minimum atomic E-state index is -0.446. The molecule has 0 spiro atoms. The lowest BCUT2D eigenvalue weighted by Gasteiger charge is -2.20. The van der Waals surface area contributed by atoms with E-state index >= 15 is 0 Å². The zero-order valence-corrected chi connectivity index (χ0v) is 12.3. The van der Waals surface area contributed by atoms with Gasteiger partial charge in [0.05, 0.1) is 6.04 Å². The van der Waals surface area contributed by atoms with Crippen molar-refractivity contribution in [1.82, 2.24) is 10.2 Å². The molecule has 1 unspecified atom stereocenters. The highest BCUT2D eigenvalue weighted by molar-refractivity contribution is 5.93. The molecule has 1 amide bonds. The van der Waals surface area contributed by atoms with Gasteiger partial charge in [-0.3, -0.25) is 9.89 Å². The molecule has 0 bridgehead atoms. The Bertz CT molecular complexity index is 423. The first-order chi connectivity index (χ1) is 9.69. The summed E-state index contributed by atoms with van der Waals surface area (Å²) in [5, 5.41) is 9.95. The summed E-state index contributed by atoms with van der Waals surface area (Å²) in [6, 6.07) is 1.49. The Kier molecular flexibility index (Phi) is 5.59. The number of amides is 1. The van der Waals surface area contributed by atoms with Crippen LogP contribution in [0.3, 0.4) is 0 Å². The first-order valence-electron chi connectivity index (χ1n) is 7.79. The third kappa shape index (κ3) is 4.34. The third-order valence-corrected chi connectivity index (χ3v) is 4.05. The van der Waals surface area contributed by atoms with Gasteiger partial charge in [-0.25, -0.2) is 0 Å². The maximum Gasteiger partial charge on any atom is 0.242 e. The molecule has 1 aliphatic carbocycles. The van der Waals surface area contributed by atoms with Crippen LogP contribution >= 0.6 is 0 Å². The Morgan fingerprint density at radius 3 is 2.95 bits per heavy atom. The number of carbonyl (C=O) groups is 1. The fraction of sp³-hybridized carbons (Fsp3) is 0.733. The fourth-order valence-corrected chi connectivity index (χ4v) is 2.89. The van der Waals surface area contributed by atoms with E-state index in [1.54, 1.807) is 0 Å². The van der Waals surface area contributed by atoms with E-state index in [0.717, 1.165) is 24.5 Å². The van der Waals surface area contributed by atoms with E-state index in [1.165, 1.54) is 32.1 Å². The van der Waals surface area contributed by atoms with Gasteiger partial charge in [-0.2, -0.15) is 5.10 Å². The van der Waals surface area contributed by atoms with Crippen LogP contribution in [0.1, 0.15) is 57.6 Å². The van der Waals surface area contributed by atoms with Crippen molar-refractivity contribution >= 4 is 11.7 Å². The minimum absolute atomic E-state index is 0.150. The van der Waals surface area contributed by atoms with Gasteiger partial charge in [-0.15, -0.1) is 0 Å². The highest BCUT2D eigenvalue weighted by Crippen LogP contribution is 2.26. The van der Waals surface area contributed by atoms with Crippen LogP contribution in [0.4, 0.5) is 5.82 Å². The molecule has 5 heteroatoms. The lowest BCUT2D eigenvalue weighted by Crippen LogP contribution is -2.35. The predicted octanol–water partition coefficient (Wildman–Crippen LogP) is 2.60. The van der Waals surface area contributed by atoms with E-state index in [2.05, 4.69) is 15.5 Å². The molecule has 1 heterocycles. The Labute approximate surface area is 120 Å². The van der Waals surface area contributed by atoms with Gasteiger partial charge in [0.1, 0.15) is 0 Å². The Hall–Kier alpha value is -1.36. The highest BCUT2D eigenvalue weighted by atomic mass is 16.2. The second kappa shape index (κ2) is 7.43. The smallest absolute Gasteiger partial charge is 0.242 e. The molecule has 0 aliphatic heterocycles. The Balaban J connectivity index is 1.83. The molecule has 1 saturated carbocycles. The van der Waals surface area contributed by atoms with Gasteiger partial charge in [0.15, 0.2) is 5.82 Å². The number of anilines is 1. The number of carbonyl (C=O) groups excluding carboxylic acids is 1. The molecule has 1 fully saturated rings. The van der Waals surface area contributed by atoms with Crippen LogP contribution in [-0.2, 0) is 11.2 Å². The topological polar surface area (TPSA) is 83.8 Å². The SMILES string of the molecule is CCCC(N)C(=O)Nc1cc(CC2CCCCC2)[nH]n1. The van der Waals surface area contributed by atoms with Gasteiger partial charge in [0.2, 0.25) is 5.91 Å². The molecule has 4 N–H and O–H groups in total. The van der Waals surface area contributed by atoms with Crippen molar-refractivity contribution in [2.75, 3.05) is 5.32 Å². The summed E-state index contributed by atoms with van der Waals surface area (Å²) in [4.78, 5) is 11.8. The fourth-order valence-electron chi connectivity index (χ4n) is 2.89. The quantitative estimate of drug-likeness (QED) is 0.748. The molecule has 5 nitrogen and oxygen atoms in total. The van der Waals surface area contributed by atoms with Crippen LogP contribution in [0.5, 0.6) is 0 Å². The average molecular weight is 278 g/mol. The first kappa shape index (κ1) is 15.0. The average Bonchev–Trinajstić information content (AvgIpc) is 2.87. The number of hydrogen-bond donors (Lipinski definition) is 3. The van der Waals surface area contributed by atoms with E-state index in [-0.39, 0.29) is 5.91 Å². The molecular formula is C15H26N4O. The second-order valence-electron chi connectivity index (χ2n) is 5.87. The van der Waals surface area contributed by atoms with Crippen LogP contribution in [0.25, 0.3) is 0 Å². The lowest BCUT2D eigenvalue weighted by molar-refractivity contribution is -0.117. The minimum Gasteiger partial charge on any atom is -0.320 e. The molecule has 1 atom stereocenters. The molecule has 0 radical (unpaired) electrons. The molecule has 20 heavy (non-hydrogen) atoms. The predicted molar refractivity (Wildman–Crippen MR) is 80.4 cm³/mol. The van der Waals surface area contributed by atoms with Crippen LogP contribution in [0, 0.1) is 5.92 Å². The van der Waals surface area contributed by atoms with Crippen molar-refractivity contribution in [1.29, 1.82) is 0 Å². The number of nitrogens with one attached hydrogen (secondary N) is 2. The molecule has 1 aromatic rings. The van der Waals surface area contributed by atoms with Crippen molar-refractivity contribution < 1.29 is 4.79 Å². The van der Waals surface area contributed by atoms with Crippen molar-refractivity contribution in [3.05, 3.63) is 11.8 Å². The molecular weight excluding hydrogens is 252 g/mol. The van der Waals surface area contributed by atoms with Crippen LogP contribution in [0.2, 0.25) is 0 Å². The molecule has 1 aliphatic rings. The summed E-state index contributed by atoms with van der Waals surface area (Å²) in [7, 11) is 0. The molecule has 1 aromatic heterocycles. The van der Waals surface area contributed by atoms with Crippen molar-refractivity contribution in [2.45, 2.75) is 64.3 Å². The molecule has 112 valence electrons. The zero-order chi connectivity index (χ0) is 14.4. The van der Waals surface area contributed by atoms with Crippen molar-refractivity contribution in [3.63, 3.8) is 0 Å². The van der Waals surface area contributed by atoms with E-state index in [0.29, 0.717) is 12.2 Å². The van der Waals surface area contributed by atoms with Gasteiger partial charge < -0.3 is 11.1 Å². The van der Waals surface area contributed by atoms with Gasteiger partial charge in [-0.05, 0) is 18.8 Å². The number of aromatic amines is 1. The van der Waals surface area contributed by atoms with Gasteiger partial charge >= 0.3 is 0 Å². The van der Waals surface area contributed by atoms with Crippen LogP contribution < -0.4 is 11.1 Å². The van der Waals surface area contributed by atoms with Crippen molar-refractivity contribution in [2.24, 2.45) is 11.7 Å². The summed E-state index contributed by atoms with van der Waals surface area (Å²) in [5.41, 5.74) is 6.89. The summed E-state index contributed by atoms with van der Waals surface area (Å²) in [5.74, 6) is 1.20. The standard InChI is InChI=1S/C15H26N4O/c1-2-6-13(16)15(20)17-14-10-12(18-19-14)9-11-7-4-3-5-8-11/h10-11,13H,2-9,16H2,1H3,(H2,17,18,19,20). The van der Waals surface area contributed by atoms with E-state index in [9.17, 15) is 4.79 Å². The van der Waals surface area contributed by atoms with Crippen LogP contribution in [0.15, 0.2) is 6.07 Å². The van der Waals surface area contributed by atoms with Crippen molar-refractivity contribution in [3.8, 4) is 0 Å². The second-order valence-corrected chi connectivity index (χ2v) is 5.87. The summed E-state index contributed by atoms with van der Waals surface area (Å²) in [6.45, 7) is 2.02. The maximum absolute atomic E-state index is 11.8. The summed E-state index contributed by atoms with van der Waals surface area (Å²) >= 11 is 0. The summed E-state index contributed by atoms with van der Waals surface area (Å²) < 4.78 is 0. The summed E-state index contributed by atoms with van der Waals surface area (Å²) in [6.07, 6.45) is 9.31. The molecule has 0 saturated heterocycles. The third-order valence-electron chi connectivity index (χ3n) is 4.05. The monoisotopic (exact) mass is 278 g/mol. The number of rotatable bonds is 6. The van der Waals surface area contributed by atoms with Crippen LogP contribution in [-0.4, -0.2) is 22.1 Å². The Morgan fingerprint density at radius 2 is 2.25 bits per heavy atom. The number of nitrogens with two attached hydrogens (primary N) is 1. The van der Waals surface area contributed by atoms with Gasteiger partial charge in [0.25, 0.3) is 0 Å². The number of hydrogen-bond acceptors (Lipinski definition) is 3. The highest BCUT2D eigenvalue weighted by Gasteiger charge is 2.17. The molecule has 2 rings (SSSR count). The number of aromatic nitrogens is 2.